The lowest BCUT2D eigenvalue weighted by molar-refractivity contribution is -0.146. The predicted octanol–water partition coefficient (Wildman–Crippen LogP) is 1.03. The van der Waals surface area contributed by atoms with Gasteiger partial charge >= 0.3 is 0 Å². The van der Waals surface area contributed by atoms with Crippen molar-refractivity contribution in [3.8, 4) is 0 Å². The van der Waals surface area contributed by atoms with Gasteiger partial charge in [0, 0.05) is 18.5 Å². The molecule has 2 saturated heterocycles. The van der Waals surface area contributed by atoms with E-state index < -0.39 is 0 Å². The summed E-state index contributed by atoms with van der Waals surface area (Å²) in [6.07, 6.45) is 1.90. The fraction of sp³-hybridized carbons (Fsp3) is 0.900. The van der Waals surface area contributed by atoms with Crippen LogP contribution in [0.5, 0.6) is 0 Å². The summed E-state index contributed by atoms with van der Waals surface area (Å²) in [6.45, 7) is 7.31. The van der Waals surface area contributed by atoms with Crippen molar-refractivity contribution in [1.29, 1.82) is 0 Å². The topological polar surface area (TPSA) is 32.3 Å². The quantitative estimate of drug-likeness (QED) is 0.751. The third-order valence-corrected chi connectivity index (χ3v) is 3.31. The van der Waals surface area contributed by atoms with Crippen LogP contribution in [0.15, 0.2) is 0 Å². The molecule has 0 atom stereocenters. The van der Waals surface area contributed by atoms with Crippen LogP contribution in [0.3, 0.4) is 0 Å². The van der Waals surface area contributed by atoms with Crippen molar-refractivity contribution in [2.24, 2.45) is 5.92 Å². The molecule has 0 bridgehead atoms. The summed E-state index contributed by atoms with van der Waals surface area (Å²) in [5.41, 5.74) is 0.133. The lowest BCUT2D eigenvalue weighted by Gasteiger charge is -2.49. The van der Waals surface area contributed by atoms with Crippen LogP contribution in [0.2, 0.25) is 0 Å². The van der Waals surface area contributed by atoms with Gasteiger partial charge < -0.3 is 10.2 Å². The Morgan fingerprint density at radius 3 is 2.43 bits per heavy atom. The number of rotatable bonds is 2. The number of hydrogen-bond acceptors (Lipinski definition) is 2. The summed E-state index contributed by atoms with van der Waals surface area (Å²) in [4.78, 5) is 13.8. The first-order valence-electron chi connectivity index (χ1n) is 5.11. The third-order valence-electron chi connectivity index (χ3n) is 3.31. The summed E-state index contributed by atoms with van der Waals surface area (Å²) < 4.78 is 0. The van der Waals surface area contributed by atoms with E-state index in [0.717, 1.165) is 32.5 Å². The highest BCUT2D eigenvalue weighted by Gasteiger charge is 2.39. The van der Waals surface area contributed by atoms with E-state index in [1.807, 2.05) is 4.90 Å². The molecule has 0 unspecified atom stereocenters. The summed E-state index contributed by atoms with van der Waals surface area (Å²) in [5, 5.41) is 3.19. The van der Waals surface area contributed by atoms with Gasteiger partial charge in [0.1, 0.15) is 0 Å². The maximum atomic E-state index is 11.7. The zero-order valence-corrected chi connectivity index (χ0v) is 9.69. The minimum atomic E-state index is 0. The standard InChI is InChI=1S/C10H18N2O.ClH/c1-10(2)3-4-12(10)9(13)5-8-6-11-7-8;/h8,11H,3-7H2,1-2H3;1H. The Bertz CT molecular complexity index is 226. The normalized spacial score (nSPS) is 24.6. The summed E-state index contributed by atoms with van der Waals surface area (Å²) >= 11 is 0. The van der Waals surface area contributed by atoms with E-state index in [1.165, 1.54) is 0 Å². The Kier molecular flexibility index (Phi) is 3.43. The van der Waals surface area contributed by atoms with E-state index in [9.17, 15) is 4.79 Å². The van der Waals surface area contributed by atoms with Gasteiger partial charge in [-0.05, 0) is 39.3 Å². The van der Waals surface area contributed by atoms with Crippen molar-refractivity contribution in [2.75, 3.05) is 19.6 Å². The van der Waals surface area contributed by atoms with E-state index >= 15 is 0 Å². The Labute approximate surface area is 91.6 Å². The van der Waals surface area contributed by atoms with E-state index in [-0.39, 0.29) is 17.9 Å². The summed E-state index contributed by atoms with van der Waals surface area (Å²) in [6, 6.07) is 0. The van der Waals surface area contributed by atoms with Crippen LogP contribution in [0.1, 0.15) is 26.7 Å². The summed E-state index contributed by atoms with van der Waals surface area (Å²) in [5.74, 6) is 0.951. The second-order valence-electron chi connectivity index (χ2n) is 4.84. The fourth-order valence-corrected chi connectivity index (χ4v) is 1.98. The molecular weight excluding hydrogens is 200 g/mol. The Morgan fingerprint density at radius 2 is 2.14 bits per heavy atom. The van der Waals surface area contributed by atoms with Crippen LogP contribution in [0.25, 0.3) is 0 Å². The minimum Gasteiger partial charge on any atom is -0.337 e. The number of halogens is 1. The van der Waals surface area contributed by atoms with Crippen molar-refractivity contribution in [1.82, 2.24) is 10.2 Å². The molecule has 0 aromatic carbocycles. The average molecular weight is 219 g/mol. The number of likely N-dealkylation sites (tertiary alicyclic amines) is 1. The molecule has 2 aliphatic rings. The molecule has 2 fully saturated rings. The number of hydrogen-bond donors (Lipinski definition) is 1. The first-order valence-corrected chi connectivity index (χ1v) is 5.11. The highest BCUT2D eigenvalue weighted by Crippen LogP contribution is 2.30. The van der Waals surface area contributed by atoms with Crippen LogP contribution in [0, 0.1) is 5.92 Å². The van der Waals surface area contributed by atoms with Gasteiger partial charge in [0.05, 0.1) is 0 Å². The molecule has 0 saturated carbocycles. The van der Waals surface area contributed by atoms with Gasteiger partial charge in [-0.25, -0.2) is 0 Å². The lowest BCUT2D eigenvalue weighted by atomic mass is 9.87. The van der Waals surface area contributed by atoms with Crippen molar-refractivity contribution in [3.63, 3.8) is 0 Å². The maximum Gasteiger partial charge on any atom is 0.223 e. The summed E-state index contributed by atoms with van der Waals surface area (Å²) in [7, 11) is 0. The molecule has 4 heteroatoms. The zero-order chi connectivity index (χ0) is 9.47. The number of carbonyl (C=O) groups excluding carboxylic acids is 1. The predicted molar refractivity (Wildman–Crippen MR) is 58.6 cm³/mol. The zero-order valence-electron chi connectivity index (χ0n) is 8.88. The monoisotopic (exact) mass is 218 g/mol. The van der Waals surface area contributed by atoms with Crippen molar-refractivity contribution < 1.29 is 4.79 Å². The van der Waals surface area contributed by atoms with Gasteiger partial charge in [0.15, 0.2) is 0 Å². The van der Waals surface area contributed by atoms with Crippen molar-refractivity contribution >= 4 is 18.3 Å². The van der Waals surface area contributed by atoms with Crippen molar-refractivity contribution in [2.45, 2.75) is 32.2 Å². The largest absolute Gasteiger partial charge is 0.337 e. The molecule has 82 valence electrons. The SMILES string of the molecule is CC1(C)CCN1C(=O)CC1CNC1.Cl. The van der Waals surface area contributed by atoms with Crippen LogP contribution in [-0.4, -0.2) is 36.0 Å². The number of nitrogens with one attached hydrogen (secondary N) is 1. The molecule has 1 amide bonds. The van der Waals surface area contributed by atoms with Gasteiger partial charge in [-0.2, -0.15) is 0 Å². The number of nitrogens with zero attached hydrogens (tertiary/aromatic N) is 1. The molecule has 14 heavy (non-hydrogen) atoms. The Balaban J connectivity index is 0.000000980. The average Bonchev–Trinajstić information content (AvgIpc) is 1.95. The molecule has 0 spiro atoms. The van der Waals surface area contributed by atoms with Gasteiger partial charge in [-0.1, -0.05) is 0 Å². The van der Waals surface area contributed by atoms with E-state index in [4.69, 9.17) is 0 Å². The molecule has 2 rings (SSSR count). The lowest BCUT2D eigenvalue weighted by Crippen LogP contribution is -2.59. The Hall–Kier alpha value is -0.280. The second-order valence-corrected chi connectivity index (χ2v) is 4.84. The molecule has 1 N–H and O–H groups in total. The smallest absolute Gasteiger partial charge is 0.223 e. The van der Waals surface area contributed by atoms with E-state index in [0.29, 0.717) is 11.8 Å². The maximum absolute atomic E-state index is 11.7. The van der Waals surface area contributed by atoms with Crippen LogP contribution >= 0.6 is 12.4 Å². The molecule has 0 aliphatic carbocycles. The van der Waals surface area contributed by atoms with Gasteiger partial charge in [-0.3, -0.25) is 4.79 Å². The molecule has 0 aromatic rings. The van der Waals surface area contributed by atoms with Gasteiger partial charge in [0.25, 0.3) is 0 Å². The fourth-order valence-electron chi connectivity index (χ4n) is 1.98. The second kappa shape index (κ2) is 4.07. The van der Waals surface area contributed by atoms with Gasteiger partial charge in [0.2, 0.25) is 5.91 Å². The van der Waals surface area contributed by atoms with E-state index in [2.05, 4.69) is 19.2 Å². The van der Waals surface area contributed by atoms with Crippen LogP contribution in [0.4, 0.5) is 0 Å². The molecule has 2 heterocycles. The highest BCUT2D eigenvalue weighted by atomic mass is 35.5. The van der Waals surface area contributed by atoms with Gasteiger partial charge in [-0.15, -0.1) is 12.4 Å². The first-order chi connectivity index (χ1) is 6.09. The number of amides is 1. The van der Waals surface area contributed by atoms with Crippen molar-refractivity contribution in [3.05, 3.63) is 0 Å². The third kappa shape index (κ3) is 2.04. The molecular formula is C10H19ClN2O. The Morgan fingerprint density at radius 1 is 1.50 bits per heavy atom. The van der Waals surface area contributed by atoms with Crippen LogP contribution < -0.4 is 5.32 Å². The highest BCUT2D eigenvalue weighted by molar-refractivity contribution is 5.85. The number of carbonyl (C=O) groups is 1. The molecule has 2 aliphatic heterocycles. The first kappa shape index (κ1) is 11.8. The molecule has 0 aromatic heterocycles. The molecule has 3 nitrogen and oxygen atoms in total. The van der Waals surface area contributed by atoms with E-state index in [1.54, 1.807) is 0 Å². The van der Waals surface area contributed by atoms with Crippen LogP contribution in [-0.2, 0) is 4.79 Å². The minimum absolute atomic E-state index is 0. The molecule has 0 radical (unpaired) electrons.